The van der Waals surface area contributed by atoms with Crippen molar-refractivity contribution in [2.75, 3.05) is 0 Å². The Labute approximate surface area is 89.6 Å². The topological polar surface area (TPSA) is 35.6 Å². The van der Waals surface area contributed by atoms with E-state index in [1.165, 1.54) is 5.69 Å². The Kier molecular flexibility index (Phi) is 2.85. The predicted molar refractivity (Wildman–Crippen MR) is 58.6 cm³/mol. The molecule has 2 aromatic rings. The summed E-state index contributed by atoms with van der Waals surface area (Å²) >= 11 is 0. The van der Waals surface area contributed by atoms with Crippen LogP contribution in [0.5, 0.6) is 0 Å². The first-order valence-electron chi connectivity index (χ1n) is 5.34. The fraction of sp³-hybridized carbons (Fsp3) is 0.455. The second-order valence-corrected chi connectivity index (χ2v) is 3.50. The van der Waals surface area contributed by atoms with Crippen LogP contribution >= 0.6 is 0 Å². The van der Waals surface area contributed by atoms with Gasteiger partial charge in [0.15, 0.2) is 0 Å². The Bertz CT molecular complexity index is 387. The molecule has 0 saturated heterocycles. The molecule has 2 aromatic heterocycles. The van der Waals surface area contributed by atoms with Crippen LogP contribution in [0, 0.1) is 0 Å². The molecule has 80 valence electrons. The highest BCUT2D eigenvalue weighted by molar-refractivity contribution is 5.03. The Hall–Kier alpha value is -1.58. The van der Waals surface area contributed by atoms with E-state index < -0.39 is 0 Å². The van der Waals surface area contributed by atoms with E-state index in [1.54, 1.807) is 0 Å². The molecular weight excluding hydrogens is 188 g/mol. The molecule has 0 radical (unpaired) electrons. The van der Waals surface area contributed by atoms with Crippen molar-refractivity contribution in [2.24, 2.45) is 0 Å². The van der Waals surface area contributed by atoms with Crippen LogP contribution in [0.15, 0.2) is 24.9 Å². The minimum atomic E-state index is 0.858. The zero-order valence-electron chi connectivity index (χ0n) is 9.22. The maximum atomic E-state index is 4.30. The van der Waals surface area contributed by atoms with Crippen molar-refractivity contribution in [1.29, 1.82) is 0 Å². The number of hydrogen-bond acceptors (Lipinski definition) is 2. The third-order valence-electron chi connectivity index (χ3n) is 2.59. The zero-order valence-corrected chi connectivity index (χ0v) is 9.22. The molecule has 0 amide bonds. The Balaban J connectivity index is 2.21. The highest BCUT2D eigenvalue weighted by Gasteiger charge is 2.04. The number of aromatic nitrogens is 4. The molecule has 2 heterocycles. The molecule has 0 aliphatic carbocycles. The van der Waals surface area contributed by atoms with Gasteiger partial charge in [-0.15, -0.1) is 0 Å². The van der Waals surface area contributed by atoms with Crippen LogP contribution in [-0.4, -0.2) is 19.1 Å². The standard InChI is InChI=1S/C11H16N4/c1-3-11-13-5-6-15(11)8-10-7-12-9-14(10)4-2/h5-7,9H,3-4,8H2,1-2H3. The molecule has 0 spiro atoms. The lowest BCUT2D eigenvalue weighted by Gasteiger charge is -2.08. The highest BCUT2D eigenvalue weighted by Crippen LogP contribution is 2.06. The number of imidazole rings is 2. The summed E-state index contributed by atoms with van der Waals surface area (Å²) in [5.41, 5.74) is 1.23. The molecule has 2 rings (SSSR count). The van der Waals surface area contributed by atoms with Crippen molar-refractivity contribution >= 4 is 0 Å². The maximum Gasteiger partial charge on any atom is 0.108 e. The van der Waals surface area contributed by atoms with Gasteiger partial charge in [-0.25, -0.2) is 9.97 Å². The van der Waals surface area contributed by atoms with Crippen LogP contribution in [0.1, 0.15) is 25.4 Å². The Morgan fingerprint density at radius 1 is 1.27 bits per heavy atom. The van der Waals surface area contributed by atoms with E-state index in [4.69, 9.17) is 0 Å². The molecule has 0 bridgehead atoms. The third-order valence-corrected chi connectivity index (χ3v) is 2.59. The Morgan fingerprint density at radius 2 is 2.13 bits per heavy atom. The van der Waals surface area contributed by atoms with Gasteiger partial charge in [0.05, 0.1) is 18.6 Å². The van der Waals surface area contributed by atoms with Gasteiger partial charge in [0.1, 0.15) is 5.82 Å². The molecule has 0 saturated carbocycles. The minimum absolute atomic E-state index is 0.858. The van der Waals surface area contributed by atoms with E-state index in [0.29, 0.717) is 0 Å². The van der Waals surface area contributed by atoms with E-state index >= 15 is 0 Å². The van der Waals surface area contributed by atoms with Crippen LogP contribution in [0.4, 0.5) is 0 Å². The van der Waals surface area contributed by atoms with E-state index in [0.717, 1.165) is 25.3 Å². The lowest BCUT2D eigenvalue weighted by Crippen LogP contribution is -2.08. The largest absolute Gasteiger partial charge is 0.333 e. The van der Waals surface area contributed by atoms with Crippen molar-refractivity contribution in [2.45, 2.75) is 33.4 Å². The van der Waals surface area contributed by atoms with Crippen molar-refractivity contribution in [3.05, 3.63) is 36.4 Å². The van der Waals surface area contributed by atoms with Crippen LogP contribution < -0.4 is 0 Å². The number of nitrogens with zero attached hydrogens (tertiary/aromatic N) is 4. The van der Waals surface area contributed by atoms with E-state index in [2.05, 4.69) is 32.9 Å². The Morgan fingerprint density at radius 3 is 2.87 bits per heavy atom. The quantitative estimate of drug-likeness (QED) is 0.760. The van der Waals surface area contributed by atoms with E-state index in [-0.39, 0.29) is 0 Å². The second-order valence-electron chi connectivity index (χ2n) is 3.50. The monoisotopic (exact) mass is 204 g/mol. The molecule has 0 aliphatic rings. The molecule has 0 N–H and O–H groups in total. The summed E-state index contributed by atoms with van der Waals surface area (Å²) in [6, 6.07) is 0. The van der Waals surface area contributed by atoms with Gasteiger partial charge in [0.2, 0.25) is 0 Å². The van der Waals surface area contributed by atoms with Gasteiger partial charge < -0.3 is 9.13 Å². The fourth-order valence-corrected chi connectivity index (χ4v) is 1.74. The van der Waals surface area contributed by atoms with Crippen molar-refractivity contribution in [3.63, 3.8) is 0 Å². The van der Waals surface area contributed by atoms with Gasteiger partial charge in [-0.3, -0.25) is 0 Å². The van der Waals surface area contributed by atoms with Crippen LogP contribution in [0.2, 0.25) is 0 Å². The fourth-order valence-electron chi connectivity index (χ4n) is 1.74. The summed E-state index contributed by atoms with van der Waals surface area (Å²) in [4.78, 5) is 8.46. The predicted octanol–water partition coefficient (Wildman–Crippen LogP) is 1.71. The minimum Gasteiger partial charge on any atom is -0.333 e. The summed E-state index contributed by atoms with van der Waals surface area (Å²) in [6.07, 6.45) is 8.63. The maximum absolute atomic E-state index is 4.30. The number of rotatable bonds is 4. The van der Waals surface area contributed by atoms with Gasteiger partial charge in [0.25, 0.3) is 0 Å². The van der Waals surface area contributed by atoms with Crippen LogP contribution in [0.25, 0.3) is 0 Å². The molecule has 0 aliphatic heterocycles. The van der Waals surface area contributed by atoms with E-state index in [9.17, 15) is 0 Å². The molecule has 0 atom stereocenters. The third kappa shape index (κ3) is 1.93. The lowest BCUT2D eigenvalue weighted by atomic mass is 10.4. The van der Waals surface area contributed by atoms with Gasteiger partial charge in [-0.2, -0.15) is 0 Å². The SMILES string of the molecule is CCc1nccn1Cc1cncn1CC. The molecule has 0 fully saturated rings. The highest BCUT2D eigenvalue weighted by atomic mass is 15.1. The molecule has 0 unspecified atom stereocenters. The molecule has 4 nitrogen and oxygen atoms in total. The number of aryl methyl sites for hydroxylation is 2. The molecule has 0 aromatic carbocycles. The van der Waals surface area contributed by atoms with Crippen molar-refractivity contribution < 1.29 is 0 Å². The van der Waals surface area contributed by atoms with Crippen molar-refractivity contribution in [3.8, 4) is 0 Å². The molecule has 15 heavy (non-hydrogen) atoms. The van der Waals surface area contributed by atoms with Crippen LogP contribution in [-0.2, 0) is 19.5 Å². The van der Waals surface area contributed by atoms with Crippen LogP contribution in [0.3, 0.4) is 0 Å². The van der Waals surface area contributed by atoms with Gasteiger partial charge >= 0.3 is 0 Å². The van der Waals surface area contributed by atoms with Gasteiger partial charge in [-0.1, -0.05) is 6.92 Å². The van der Waals surface area contributed by atoms with E-state index in [1.807, 2.05) is 24.9 Å². The van der Waals surface area contributed by atoms with Crippen molar-refractivity contribution in [1.82, 2.24) is 19.1 Å². The average Bonchev–Trinajstić information content (AvgIpc) is 2.87. The zero-order chi connectivity index (χ0) is 10.7. The first-order valence-corrected chi connectivity index (χ1v) is 5.34. The second kappa shape index (κ2) is 4.29. The first kappa shape index (κ1) is 9.96. The summed E-state index contributed by atoms with van der Waals surface area (Å²) in [5.74, 6) is 1.12. The van der Waals surface area contributed by atoms with Gasteiger partial charge in [0, 0.05) is 31.6 Å². The first-order chi connectivity index (χ1) is 7.35. The summed E-state index contributed by atoms with van der Waals surface area (Å²) in [5, 5.41) is 0. The summed E-state index contributed by atoms with van der Waals surface area (Å²) in [7, 11) is 0. The lowest BCUT2D eigenvalue weighted by molar-refractivity contribution is 0.649. The number of hydrogen-bond donors (Lipinski definition) is 0. The normalized spacial score (nSPS) is 10.8. The molecular formula is C11H16N4. The smallest absolute Gasteiger partial charge is 0.108 e. The summed E-state index contributed by atoms with van der Waals surface area (Å²) < 4.78 is 4.32. The van der Waals surface area contributed by atoms with Gasteiger partial charge in [-0.05, 0) is 6.92 Å². The average molecular weight is 204 g/mol. The summed E-state index contributed by atoms with van der Waals surface area (Å²) in [6.45, 7) is 6.07. The molecule has 4 heteroatoms.